The van der Waals surface area contributed by atoms with Gasteiger partial charge in [0.2, 0.25) is 0 Å². The molecule has 2 aromatic rings. The number of amides is 2. The van der Waals surface area contributed by atoms with Gasteiger partial charge < -0.3 is 14.5 Å². The molecule has 2 aromatic carbocycles. The zero-order valence-corrected chi connectivity index (χ0v) is 17.7. The number of likely N-dealkylation sites (tertiary alicyclic amines) is 2. The molecule has 1 atom stereocenters. The normalized spacial score (nSPS) is 19.0. The van der Waals surface area contributed by atoms with Crippen LogP contribution in [-0.4, -0.2) is 54.4 Å². The molecule has 0 saturated carbocycles. The molecule has 0 N–H and O–H groups in total. The molecule has 4 rings (SSSR count). The number of carbonyl (C=O) groups excluding carboxylic acids is 2. The van der Waals surface area contributed by atoms with E-state index in [0.29, 0.717) is 12.5 Å². The van der Waals surface area contributed by atoms with Crippen molar-refractivity contribution < 1.29 is 14.3 Å². The van der Waals surface area contributed by atoms with E-state index in [2.05, 4.69) is 0 Å². The number of rotatable bonds is 5. The predicted octanol–water partition coefficient (Wildman–Crippen LogP) is 4.16. The largest absolute Gasteiger partial charge is 0.493 e. The van der Waals surface area contributed by atoms with Crippen LogP contribution in [0, 0.1) is 12.8 Å². The fraction of sp³-hybridized carbons (Fsp3) is 0.440. The van der Waals surface area contributed by atoms with Crippen LogP contribution in [0.15, 0.2) is 48.5 Å². The van der Waals surface area contributed by atoms with Gasteiger partial charge in [-0.1, -0.05) is 17.7 Å². The highest BCUT2D eigenvalue weighted by molar-refractivity contribution is 5.95. The number of piperidine rings is 1. The van der Waals surface area contributed by atoms with E-state index in [9.17, 15) is 9.59 Å². The maximum Gasteiger partial charge on any atom is 0.253 e. The van der Waals surface area contributed by atoms with Crippen LogP contribution in [0.25, 0.3) is 0 Å². The van der Waals surface area contributed by atoms with Crippen LogP contribution >= 0.6 is 0 Å². The summed E-state index contributed by atoms with van der Waals surface area (Å²) in [5, 5.41) is 0. The van der Waals surface area contributed by atoms with E-state index in [1.165, 1.54) is 0 Å². The molecule has 0 aromatic heterocycles. The molecular formula is C25H30N2O3. The van der Waals surface area contributed by atoms with Crippen molar-refractivity contribution in [3.05, 3.63) is 65.2 Å². The topological polar surface area (TPSA) is 49.9 Å². The lowest BCUT2D eigenvalue weighted by Gasteiger charge is -2.32. The first kappa shape index (κ1) is 20.5. The summed E-state index contributed by atoms with van der Waals surface area (Å²) < 4.78 is 5.99. The van der Waals surface area contributed by atoms with E-state index in [0.717, 1.165) is 74.3 Å². The third-order valence-corrected chi connectivity index (χ3v) is 6.08. The Morgan fingerprint density at radius 3 is 2.07 bits per heavy atom. The summed E-state index contributed by atoms with van der Waals surface area (Å²) in [6, 6.07) is 15.2. The van der Waals surface area contributed by atoms with Crippen molar-refractivity contribution in [1.82, 2.24) is 9.80 Å². The van der Waals surface area contributed by atoms with Gasteiger partial charge in [-0.2, -0.15) is 0 Å². The highest BCUT2D eigenvalue weighted by atomic mass is 16.5. The van der Waals surface area contributed by atoms with Gasteiger partial charge in [-0.15, -0.1) is 0 Å². The summed E-state index contributed by atoms with van der Waals surface area (Å²) in [5.41, 5.74) is 2.63. The van der Waals surface area contributed by atoms with E-state index in [4.69, 9.17) is 4.74 Å². The zero-order valence-electron chi connectivity index (χ0n) is 17.7. The van der Waals surface area contributed by atoms with Gasteiger partial charge in [0.15, 0.2) is 0 Å². The lowest BCUT2D eigenvalue weighted by molar-refractivity contribution is 0.0633. The monoisotopic (exact) mass is 406 g/mol. The van der Waals surface area contributed by atoms with Crippen molar-refractivity contribution in [2.24, 2.45) is 5.92 Å². The summed E-state index contributed by atoms with van der Waals surface area (Å²) in [7, 11) is 0. The summed E-state index contributed by atoms with van der Waals surface area (Å²) in [6.45, 7) is 5.84. The van der Waals surface area contributed by atoms with Gasteiger partial charge in [0.1, 0.15) is 5.75 Å². The van der Waals surface area contributed by atoms with E-state index in [1.54, 1.807) is 0 Å². The number of aryl methyl sites for hydroxylation is 1. The molecule has 0 radical (unpaired) electrons. The maximum absolute atomic E-state index is 12.8. The molecule has 2 aliphatic rings. The predicted molar refractivity (Wildman–Crippen MR) is 117 cm³/mol. The third-order valence-electron chi connectivity index (χ3n) is 6.08. The number of nitrogens with zero attached hydrogens (tertiary/aromatic N) is 2. The first-order valence-corrected chi connectivity index (χ1v) is 11.0. The average molecular weight is 407 g/mol. The van der Waals surface area contributed by atoms with Crippen LogP contribution in [0.1, 0.15) is 52.0 Å². The number of hydrogen-bond acceptors (Lipinski definition) is 3. The molecule has 2 fully saturated rings. The van der Waals surface area contributed by atoms with Crippen LogP contribution in [0.3, 0.4) is 0 Å². The maximum atomic E-state index is 12.8. The van der Waals surface area contributed by atoms with Gasteiger partial charge in [-0.05, 0) is 69.0 Å². The van der Waals surface area contributed by atoms with E-state index in [-0.39, 0.29) is 11.8 Å². The minimum atomic E-state index is 0.101. The molecule has 5 heteroatoms. The van der Waals surface area contributed by atoms with Crippen LogP contribution in [0.4, 0.5) is 0 Å². The molecule has 30 heavy (non-hydrogen) atoms. The first-order chi connectivity index (χ1) is 14.6. The van der Waals surface area contributed by atoms with E-state index in [1.807, 2.05) is 65.3 Å². The quantitative estimate of drug-likeness (QED) is 0.749. The van der Waals surface area contributed by atoms with Gasteiger partial charge >= 0.3 is 0 Å². The lowest BCUT2D eigenvalue weighted by Crippen LogP contribution is -2.41. The Labute approximate surface area is 178 Å². The number of hydrogen-bond donors (Lipinski definition) is 0. The Hall–Kier alpha value is -2.82. The Kier molecular flexibility index (Phi) is 6.36. The van der Waals surface area contributed by atoms with E-state index < -0.39 is 0 Å². The number of carbonyl (C=O) groups is 2. The first-order valence-electron chi connectivity index (χ1n) is 11.0. The molecule has 2 saturated heterocycles. The fourth-order valence-electron chi connectivity index (χ4n) is 4.27. The molecular weight excluding hydrogens is 376 g/mol. The molecule has 0 spiro atoms. The Bertz CT molecular complexity index is 870. The molecule has 2 aliphatic heterocycles. The zero-order chi connectivity index (χ0) is 20.9. The third kappa shape index (κ3) is 4.84. The van der Waals surface area contributed by atoms with Gasteiger partial charge in [0.25, 0.3) is 11.8 Å². The highest BCUT2D eigenvalue weighted by Crippen LogP contribution is 2.22. The second-order valence-electron chi connectivity index (χ2n) is 8.46. The van der Waals surface area contributed by atoms with Crippen LogP contribution in [-0.2, 0) is 0 Å². The fourth-order valence-corrected chi connectivity index (χ4v) is 4.27. The molecule has 0 bridgehead atoms. The van der Waals surface area contributed by atoms with Crippen molar-refractivity contribution >= 4 is 11.8 Å². The molecule has 2 heterocycles. The second kappa shape index (κ2) is 9.33. The lowest BCUT2D eigenvalue weighted by atomic mass is 9.98. The highest BCUT2D eigenvalue weighted by Gasteiger charge is 2.25. The standard InChI is InChI=1S/C25H30N2O3/c1-19-6-8-21(9-7-19)25(29)27-16-4-5-20(17-27)18-30-23-12-10-22(11-13-23)24(28)26-14-2-3-15-26/h6-13,20H,2-5,14-18H2,1H3/t20-/m0/s1. The van der Waals surface area contributed by atoms with Gasteiger partial charge in [0, 0.05) is 43.2 Å². The minimum Gasteiger partial charge on any atom is -0.493 e. The molecule has 158 valence electrons. The number of benzene rings is 2. The molecule has 5 nitrogen and oxygen atoms in total. The molecule has 2 amide bonds. The van der Waals surface area contributed by atoms with Crippen LogP contribution in [0.2, 0.25) is 0 Å². The summed E-state index contributed by atoms with van der Waals surface area (Å²) in [4.78, 5) is 29.1. The molecule has 0 unspecified atom stereocenters. The van der Waals surface area contributed by atoms with Crippen molar-refractivity contribution in [2.75, 3.05) is 32.8 Å². The van der Waals surface area contributed by atoms with Crippen molar-refractivity contribution in [3.8, 4) is 5.75 Å². The van der Waals surface area contributed by atoms with Crippen molar-refractivity contribution in [1.29, 1.82) is 0 Å². The Morgan fingerprint density at radius 1 is 0.833 bits per heavy atom. The average Bonchev–Trinajstić information content (AvgIpc) is 3.33. The Balaban J connectivity index is 1.29. The van der Waals surface area contributed by atoms with Gasteiger partial charge in [-0.3, -0.25) is 9.59 Å². The summed E-state index contributed by atoms with van der Waals surface area (Å²) in [6.07, 6.45) is 4.24. The summed E-state index contributed by atoms with van der Waals surface area (Å²) in [5.74, 6) is 1.30. The minimum absolute atomic E-state index is 0.101. The smallest absolute Gasteiger partial charge is 0.253 e. The Morgan fingerprint density at radius 2 is 1.40 bits per heavy atom. The van der Waals surface area contributed by atoms with Crippen LogP contribution < -0.4 is 4.74 Å². The van der Waals surface area contributed by atoms with Crippen molar-refractivity contribution in [3.63, 3.8) is 0 Å². The van der Waals surface area contributed by atoms with Gasteiger partial charge in [0.05, 0.1) is 6.61 Å². The second-order valence-corrected chi connectivity index (χ2v) is 8.46. The SMILES string of the molecule is Cc1ccc(C(=O)N2CCC[C@H](COc3ccc(C(=O)N4CCCC4)cc3)C2)cc1. The number of ether oxygens (including phenoxy) is 1. The van der Waals surface area contributed by atoms with Gasteiger partial charge in [-0.25, -0.2) is 0 Å². The van der Waals surface area contributed by atoms with E-state index >= 15 is 0 Å². The molecule has 0 aliphatic carbocycles. The van der Waals surface area contributed by atoms with Crippen molar-refractivity contribution in [2.45, 2.75) is 32.6 Å². The van der Waals surface area contributed by atoms with Crippen LogP contribution in [0.5, 0.6) is 5.75 Å². The summed E-state index contributed by atoms with van der Waals surface area (Å²) >= 11 is 0.